The molecule has 0 aliphatic heterocycles. The van der Waals surface area contributed by atoms with E-state index in [4.69, 9.17) is 15.2 Å². The zero-order chi connectivity index (χ0) is 15.8. The molecule has 0 unspecified atom stereocenters. The maximum Gasteiger partial charge on any atom is 0.328 e. The maximum absolute atomic E-state index is 11.6. The average Bonchev–Trinajstić information content (AvgIpc) is 2.79. The third kappa shape index (κ3) is 3.39. The molecule has 0 fully saturated rings. The fraction of sp³-hybridized carbons (Fsp3) is 0.400. The van der Waals surface area contributed by atoms with E-state index in [0.717, 1.165) is 10.8 Å². The number of rotatable bonds is 4. The molecule has 0 radical (unpaired) electrons. The summed E-state index contributed by atoms with van der Waals surface area (Å²) >= 11 is 0. The van der Waals surface area contributed by atoms with Crippen LogP contribution >= 0.6 is 10.7 Å². The van der Waals surface area contributed by atoms with Gasteiger partial charge in [0.15, 0.2) is 10.7 Å². The van der Waals surface area contributed by atoms with Crippen molar-refractivity contribution in [3.63, 3.8) is 0 Å². The summed E-state index contributed by atoms with van der Waals surface area (Å²) in [7, 11) is 0.851. The van der Waals surface area contributed by atoms with Gasteiger partial charge in [-0.1, -0.05) is 19.0 Å². The third-order valence-electron chi connectivity index (χ3n) is 2.55. The van der Waals surface area contributed by atoms with Crippen molar-refractivity contribution in [3.05, 3.63) is 38.8 Å². The molecule has 0 spiro atoms. The first-order valence-corrected chi connectivity index (χ1v) is 8.10. The van der Waals surface area contributed by atoms with Gasteiger partial charge in [0.1, 0.15) is 6.54 Å². The lowest BCUT2D eigenvalue weighted by Crippen LogP contribution is -2.32. The fourth-order valence-corrected chi connectivity index (χ4v) is 2.35. The van der Waals surface area contributed by atoms with Crippen LogP contribution in [0.3, 0.4) is 0 Å². The molecular weight excluding hydrogens is 324 g/mol. The average molecular weight is 335 g/mol. The Hall–Kier alpha value is -1.94. The topological polar surface area (TPSA) is 128 Å². The van der Waals surface area contributed by atoms with Gasteiger partial charge < -0.3 is 4.52 Å². The second-order valence-corrected chi connectivity index (χ2v) is 7.05. The number of hydrogen-bond acceptors (Lipinski definition) is 7. The first kappa shape index (κ1) is 15.4. The molecule has 0 amide bonds. The van der Waals surface area contributed by atoms with Gasteiger partial charge in [0, 0.05) is 22.8 Å². The fourth-order valence-electron chi connectivity index (χ4n) is 1.49. The normalized spacial score (nSPS) is 12.0. The van der Waals surface area contributed by atoms with Crippen molar-refractivity contribution in [2.24, 2.45) is 0 Å². The number of nitrogens with zero attached hydrogens (tertiary/aromatic N) is 3. The summed E-state index contributed by atoms with van der Waals surface area (Å²) in [6.07, 6.45) is 0.836. The largest absolute Gasteiger partial charge is 0.337 e. The monoisotopic (exact) mass is 334 g/mol. The Morgan fingerprint density at radius 2 is 2.10 bits per heavy atom. The summed E-state index contributed by atoms with van der Waals surface area (Å²) in [6.45, 7) is 3.53. The van der Waals surface area contributed by atoms with E-state index >= 15 is 0 Å². The van der Waals surface area contributed by atoms with Crippen molar-refractivity contribution < 1.29 is 12.9 Å². The molecule has 11 heteroatoms. The molecule has 9 nitrogen and oxygen atoms in total. The molecule has 21 heavy (non-hydrogen) atoms. The van der Waals surface area contributed by atoms with Gasteiger partial charge in [0.25, 0.3) is 14.6 Å². The van der Waals surface area contributed by atoms with Gasteiger partial charge in [0.05, 0.1) is 0 Å². The van der Waals surface area contributed by atoms with Gasteiger partial charge in [0.2, 0.25) is 5.89 Å². The number of hydrogen-bond donors (Lipinski definition) is 1. The highest BCUT2D eigenvalue weighted by molar-refractivity contribution is 8.13. The van der Waals surface area contributed by atoms with Gasteiger partial charge in [-0.25, -0.2) is 13.2 Å². The first-order chi connectivity index (χ1) is 9.68. The van der Waals surface area contributed by atoms with E-state index in [1.807, 2.05) is 18.8 Å². The Labute approximate surface area is 123 Å². The number of aromatic amines is 1. The predicted octanol–water partition coefficient (Wildman–Crippen LogP) is 0.0188. The van der Waals surface area contributed by atoms with E-state index in [1.165, 1.54) is 0 Å². The standard InChI is InChI=1S/C10H11ClN4O5S/c1-5(2)8-12-7(20-14-8)4-15-3-6(21(11,18)19)9(16)13-10(15)17/h3,5H,4H2,1-2H3,(H,13,16,17). The van der Waals surface area contributed by atoms with Crippen molar-refractivity contribution in [1.82, 2.24) is 19.7 Å². The highest BCUT2D eigenvalue weighted by Crippen LogP contribution is 2.11. The minimum absolute atomic E-state index is 0.0357. The molecule has 0 bridgehead atoms. The molecule has 1 N–H and O–H groups in total. The van der Waals surface area contributed by atoms with E-state index in [-0.39, 0.29) is 18.4 Å². The number of halogens is 1. The summed E-state index contributed by atoms with van der Waals surface area (Å²) < 4.78 is 28.3. The molecule has 0 saturated carbocycles. The summed E-state index contributed by atoms with van der Waals surface area (Å²) in [5.41, 5.74) is -1.90. The number of nitrogens with one attached hydrogen (secondary N) is 1. The zero-order valence-electron chi connectivity index (χ0n) is 11.0. The second-order valence-electron chi connectivity index (χ2n) is 4.52. The SMILES string of the molecule is CC(C)c1noc(Cn2cc(S(=O)(=O)Cl)c(=O)[nH]c2=O)n1. The van der Waals surface area contributed by atoms with Crippen LogP contribution in [0.2, 0.25) is 0 Å². The van der Waals surface area contributed by atoms with Crippen LogP contribution in [-0.4, -0.2) is 28.1 Å². The molecule has 0 saturated heterocycles. The Balaban J connectivity index is 2.44. The zero-order valence-corrected chi connectivity index (χ0v) is 12.6. The summed E-state index contributed by atoms with van der Waals surface area (Å²) in [4.78, 5) is 28.2. The summed E-state index contributed by atoms with van der Waals surface area (Å²) in [5.74, 6) is 0.590. The molecule has 2 heterocycles. The smallest absolute Gasteiger partial charge is 0.328 e. The highest BCUT2D eigenvalue weighted by atomic mass is 35.7. The lowest BCUT2D eigenvalue weighted by Gasteiger charge is -2.02. The number of aromatic nitrogens is 4. The number of H-pyrrole nitrogens is 1. The molecule has 0 aliphatic carbocycles. The van der Waals surface area contributed by atoms with Crippen LogP contribution < -0.4 is 11.2 Å². The van der Waals surface area contributed by atoms with Crippen LogP contribution in [0.4, 0.5) is 0 Å². The highest BCUT2D eigenvalue weighted by Gasteiger charge is 2.18. The van der Waals surface area contributed by atoms with E-state index < -0.39 is 25.2 Å². The van der Waals surface area contributed by atoms with E-state index in [2.05, 4.69) is 10.1 Å². The molecule has 0 atom stereocenters. The molecule has 2 rings (SSSR count). The lowest BCUT2D eigenvalue weighted by molar-refractivity contribution is 0.362. The van der Waals surface area contributed by atoms with Crippen LogP contribution in [0.5, 0.6) is 0 Å². The van der Waals surface area contributed by atoms with E-state index in [9.17, 15) is 18.0 Å². The van der Waals surface area contributed by atoms with Crippen LogP contribution in [0, 0.1) is 0 Å². The molecule has 2 aromatic heterocycles. The minimum atomic E-state index is -4.27. The second kappa shape index (κ2) is 5.45. The molecule has 0 aliphatic rings. The maximum atomic E-state index is 11.6. The van der Waals surface area contributed by atoms with Gasteiger partial charge in [-0.2, -0.15) is 4.98 Å². The summed E-state index contributed by atoms with van der Waals surface area (Å²) in [6, 6.07) is 0. The molecule has 114 valence electrons. The minimum Gasteiger partial charge on any atom is -0.337 e. The summed E-state index contributed by atoms with van der Waals surface area (Å²) in [5, 5.41) is 3.71. The van der Waals surface area contributed by atoms with Crippen LogP contribution in [-0.2, 0) is 15.6 Å². The van der Waals surface area contributed by atoms with Gasteiger partial charge in [-0.15, -0.1) is 0 Å². The van der Waals surface area contributed by atoms with Crippen molar-refractivity contribution >= 4 is 19.7 Å². The van der Waals surface area contributed by atoms with Crippen LogP contribution in [0.1, 0.15) is 31.5 Å². The van der Waals surface area contributed by atoms with Crippen molar-refractivity contribution in [2.75, 3.05) is 0 Å². The third-order valence-corrected chi connectivity index (χ3v) is 3.86. The molecule has 2 aromatic rings. The van der Waals surface area contributed by atoms with Crippen molar-refractivity contribution in [3.8, 4) is 0 Å². The van der Waals surface area contributed by atoms with Gasteiger partial charge in [-0.3, -0.25) is 14.3 Å². The Bertz CT molecular complexity index is 879. The van der Waals surface area contributed by atoms with E-state index in [0.29, 0.717) is 5.82 Å². The predicted molar refractivity (Wildman–Crippen MR) is 71.9 cm³/mol. The van der Waals surface area contributed by atoms with Gasteiger partial charge in [-0.05, 0) is 0 Å². The quantitative estimate of drug-likeness (QED) is 0.780. The Morgan fingerprint density at radius 1 is 1.43 bits per heavy atom. The Morgan fingerprint density at radius 3 is 2.62 bits per heavy atom. The van der Waals surface area contributed by atoms with Gasteiger partial charge >= 0.3 is 5.69 Å². The first-order valence-electron chi connectivity index (χ1n) is 5.79. The molecule has 0 aromatic carbocycles. The Kier molecular flexibility index (Phi) is 4.01. The van der Waals surface area contributed by atoms with E-state index in [1.54, 1.807) is 0 Å². The van der Waals surface area contributed by atoms with Crippen LogP contribution in [0.25, 0.3) is 0 Å². The van der Waals surface area contributed by atoms with Crippen molar-refractivity contribution in [1.29, 1.82) is 0 Å². The lowest BCUT2D eigenvalue weighted by atomic mass is 10.2. The van der Waals surface area contributed by atoms with Crippen molar-refractivity contribution in [2.45, 2.75) is 31.2 Å². The van der Waals surface area contributed by atoms with Crippen LogP contribution in [0.15, 0.2) is 25.2 Å². The molecular formula is C10H11ClN4O5S.